The molecule has 3 aliphatic rings. The normalized spacial score (nSPS) is 27.3. The van der Waals surface area contributed by atoms with Crippen molar-refractivity contribution < 1.29 is 24.4 Å². The van der Waals surface area contributed by atoms with E-state index in [1.165, 1.54) is 4.90 Å². The molecule has 3 aliphatic heterocycles. The van der Waals surface area contributed by atoms with Crippen LogP contribution in [0.3, 0.4) is 0 Å². The minimum Gasteiger partial charge on any atom is -0.477 e. The number of carboxylic acids is 1. The molecule has 9 heteroatoms. The third-order valence-electron chi connectivity index (χ3n) is 6.17. The molecule has 0 aliphatic carbocycles. The fourth-order valence-electron chi connectivity index (χ4n) is 4.71. The summed E-state index contributed by atoms with van der Waals surface area (Å²) in [6.45, 7) is 3.65. The van der Waals surface area contributed by atoms with Crippen molar-refractivity contribution in [3.8, 4) is 0 Å². The Balaban J connectivity index is 1.38. The topological polar surface area (TPSA) is 111 Å². The van der Waals surface area contributed by atoms with Crippen molar-refractivity contribution in [1.29, 1.82) is 0 Å². The number of nitrogens with zero attached hydrogens (tertiary/aromatic N) is 4. The lowest BCUT2D eigenvalue weighted by atomic mass is 9.82. The Bertz CT molecular complexity index is 887. The largest absolute Gasteiger partial charge is 0.477 e. The molecule has 1 aromatic heterocycles. The van der Waals surface area contributed by atoms with Gasteiger partial charge in [-0.25, -0.2) is 13.9 Å². The Morgan fingerprint density at radius 3 is 2.86 bits per heavy atom. The zero-order valence-corrected chi connectivity index (χ0v) is 16.8. The number of fused-ring (bicyclic) bond motifs is 1. The molecule has 9 nitrogen and oxygen atoms in total. The van der Waals surface area contributed by atoms with Crippen LogP contribution in [0.25, 0.3) is 0 Å². The maximum atomic E-state index is 12.3. The highest BCUT2D eigenvalue weighted by Gasteiger charge is 2.57. The molecule has 1 unspecified atom stereocenters. The van der Waals surface area contributed by atoms with E-state index in [4.69, 9.17) is 0 Å². The first-order chi connectivity index (χ1) is 13.9. The van der Waals surface area contributed by atoms with Gasteiger partial charge in [0, 0.05) is 25.4 Å². The van der Waals surface area contributed by atoms with E-state index in [9.17, 15) is 19.8 Å². The van der Waals surface area contributed by atoms with E-state index >= 15 is 0 Å². The number of aliphatic hydroxyl groups excluding tert-OH is 1. The molecule has 0 saturated carbocycles. The molecule has 1 saturated heterocycles. The van der Waals surface area contributed by atoms with Gasteiger partial charge in [-0.3, -0.25) is 9.79 Å². The van der Waals surface area contributed by atoms with E-state index < -0.39 is 18.0 Å². The number of hydrogen-bond acceptors (Lipinski definition) is 5. The number of aliphatic hydroxyl groups is 1. The number of rotatable bonds is 7. The van der Waals surface area contributed by atoms with E-state index in [0.29, 0.717) is 19.5 Å². The highest BCUT2D eigenvalue weighted by Crippen LogP contribution is 2.45. The van der Waals surface area contributed by atoms with Crippen LogP contribution in [0.5, 0.6) is 0 Å². The lowest BCUT2D eigenvalue weighted by Gasteiger charge is -2.44. The summed E-state index contributed by atoms with van der Waals surface area (Å²) in [6.07, 6.45) is 7.63. The average molecular weight is 402 g/mol. The quantitative estimate of drug-likeness (QED) is 0.427. The number of amides is 1. The van der Waals surface area contributed by atoms with Crippen molar-refractivity contribution in [3.05, 3.63) is 30.0 Å². The van der Waals surface area contributed by atoms with Gasteiger partial charge in [0.1, 0.15) is 18.1 Å². The lowest BCUT2D eigenvalue weighted by molar-refractivity contribution is -0.671. The summed E-state index contributed by atoms with van der Waals surface area (Å²) in [7, 11) is 1.99. The summed E-state index contributed by atoms with van der Waals surface area (Å²) >= 11 is 0. The van der Waals surface area contributed by atoms with Gasteiger partial charge in [0.2, 0.25) is 12.2 Å². The Labute approximate surface area is 169 Å². The Kier molecular flexibility index (Phi) is 5.16. The molecule has 0 aromatic carbocycles. The zero-order chi connectivity index (χ0) is 20.7. The number of carboxylic acid groups (broad SMARTS) is 1. The van der Waals surface area contributed by atoms with Gasteiger partial charge in [0.25, 0.3) is 0 Å². The Morgan fingerprint density at radius 2 is 2.28 bits per heavy atom. The zero-order valence-electron chi connectivity index (χ0n) is 16.8. The van der Waals surface area contributed by atoms with Crippen LogP contribution < -0.4 is 9.88 Å². The molecule has 0 bridgehead atoms. The van der Waals surface area contributed by atoms with Crippen LogP contribution in [0.15, 0.2) is 35.0 Å². The summed E-state index contributed by atoms with van der Waals surface area (Å²) in [5.41, 5.74) is 0.872. The van der Waals surface area contributed by atoms with Crippen LogP contribution in [0, 0.1) is 11.8 Å². The fourth-order valence-corrected chi connectivity index (χ4v) is 4.71. The maximum Gasteiger partial charge on any atom is 0.352 e. The van der Waals surface area contributed by atoms with E-state index in [-0.39, 0.29) is 23.6 Å². The first-order valence-corrected chi connectivity index (χ1v) is 10.1. The molecule has 3 N–H and O–H groups in total. The molecule has 1 amide bonds. The Hall–Kier alpha value is -2.68. The van der Waals surface area contributed by atoms with Gasteiger partial charge >= 0.3 is 5.97 Å². The summed E-state index contributed by atoms with van der Waals surface area (Å²) in [5.74, 6) is -0.956. The third-order valence-corrected chi connectivity index (χ3v) is 6.17. The van der Waals surface area contributed by atoms with Gasteiger partial charge in [-0.1, -0.05) is 0 Å². The maximum absolute atomic E-state index is 12.3. The van der Waals surface area contributed by atoms with Gasteiger partial charge in [0.15, 0.2) is 0 Å². The number of β-lactam (4-membered cyclic amide) rings is 1. The van der Waals surface area contributed by atoms with Gasteiger partial charge in [0.05, 0.1) is 37.5 Å². The van der Waals surface area contributed by atoms with E-state index in [1.807, 2.05) is 30.3 Å². The number of aromatic nitrogens is 2. The predicted octanol–water partition coefficient (Wildman–Crippen LogP) is -0.339. The second kappa shape index (κ2) is 7.62. The van der Waals surface area contributed by atoms with Crippen LogP contribution in [0.4, 0.5) is 0 Å². The predicted molar refractivity (Wildman–Crippen MR) is 104 cm³/mol. The average Bonchev–Trinajstić information content (AvgIpc) is 3.23. The molecule has 0 radical (unpaired) electrons. The Morgan fingerprint density at radius 1 is 1.48 bits per heavy atom. The van der Waals surface area contributed by atoms with Crippen molar-refractivity contribution in [2.24, 2.45) is 23.9 Å². The molecule has 4 heterocycles. The van der Waals surface area contributed by atoms with Crippen molar-refractivity contribution in [2.45, 2.75) is 44.9 Å². The highest BCUT2D eigenvalue weighted by atomic mass is 16.4. The minimum absolute atomic E-state index is 0.0404. The van der Waals surface area contributed by atoms with E-state index in [2.05, 4.69) is 14.9 Å². The first kappa shape index (κ1) is 19.6. The van der Waals surface area contributed by atoms with Gasteiger partial charge in [-0.05, 0) is 25.3 Å². The number of carbonyl (C=O) groups excluding carboxylic acids is 1. The molecule has 0 spiro atoms. The smallest absolute Gasteiger partial charge is 0.352 e. The van der Waals surface area contributed by atoms with Crippen LogP contribution in [0.2, 0.25) is 0 Å². The SMILES string of the molecule is C[C@@H](O)[C@H]1C(=O)N2C(C(=O)O)=C(C3CN=C(CCCn4cc[n+](C)c4)NC3)C[C@H]12. The second-order valence-electron chi connectivity index (χ2n) is 8.21. The van der Waals surface area contributed by atoms with Crippen LogP contribution in [0.1, 0.15) is 26.2 Å². The van der Waals surface area contributed by atoms with Crippen LogP contribution in [-0.2, 0) is 23.2 Å². The number of carbonyl (C=O) groups is 2. The van der Waals surface area contributed by atoms with Crippen molar-refractivity contribution in [1.82, 2.24) is 14.8 Å². The van der Waals surface area contributed by atoms with Crippen LogP contribution >= 0.6 is 0 Å². The summed E-state index contributed by atoms with van der Waals surface area (Å²) in [5, 5.41) is 22.9. The van der Waals surface area contributed by atoms with Gasteiger partial charge < -0.3 is 20.4 Å². The molecule has 1 aromatic rings. The number of aryl methyl sites for hydroxylation is 2. The fraction of sp³-hybridized carbons (Fsp3) is 0.600. The van der Waals surface area contributed by atoms with Crippen molar-refractivity contribution in [3.63, 3.8) is 0 Å². The van der Waals surface area contributed by atoms with Crippen LogP contribution in [-0.4, -0.2) is 62.6 Å². The minimum atomic E-state index is -1.07. The summed E-state index contributed by atoms with van der Waals surface area (Å²) < 4.78 is 4.14. The first-order valence-electron chi connectivity index (χ1n) is 10.1. The van der Waals surface area contributed by atoms with Crippen molar-refractivity contribution in [2.75, 3.05) is 13.1 Å². The summed E-state index contributed by atoms with van der Waals surface area (Å²) in [6, 6.07) is -0.239. The number of imidazole rings is 1. The number of aliphatic carboxylic acids is 1. The number of aliphatic imine (C=N–C) groups is 1. The molecule has 29 heavy (non-hydrogen) atoms. The number of hydrogen-bond donors (Lipinski definition) is 3. The molecule has 1 fully saturated rings. The monoisotopic (exact) mass is 402 g/mol. The third kappa shape index (κ3) is 3.55. The molecule has 4 atom stereocenters. The second-order valence-corrected chi connectivity index (χ2v) is 8.21. The molecule has 4 rings (SSSR count). The number of nitrogens with one attached hydrogen (secondary N) is 1. The summed E-state index contributed by atoms with van der Waals surface area (Å²) in [4.78, 5) is 30.2. The van der Waals surface area contributed by atoms with Gasteiger partial charge in [-0.15, -0.1) is 0 Å². The van der Waals surface area contributed by atoms with E-state index in [1.54, 1.807) is 6.92 Å². The molecular formula is C20H28N5O4+. The molecule has 156 valence electrons. The van der Waals surface area contributed by atoms with Crippen molar-refractivity contribution >= 4 is 17.7 Å². The number of amidine groups is 1. The standard InChI is InChI=1S/C20H27N5O4/c1-12(26)17-15-8-14(18(20(28)29)25(15)19(17)27)13-9-21-16(22-10-13)4-3-5-24-7-6-23(2)11-24/h6-7,11-13,15,17,26H,3-5,8-10H2,1-2H3,(H-,21,22,28,29)/p+1/t12-,15-,17-/m1/s1. The lowest BCUT2D eigenvalue weighted by Crippen LogP contribution is -2.61. The highest BCUT2D eigenvalue weighted by molar-refractivity contribution is 5.99. The van der Waals surface area contributed by atoms with E-state index in [0.717, 1.165) is 30.8 Å². The molecular weight excluding hydrogens is 374 g/mol. The van der Waals surface area contributed by atoms with Gasteiger partial charge in [-0.2, -0.15) is 0 Å².